The molecule has 21 heavy (non-hydrogen) atoms. The summed E-state index contributed by atoms with van der Waals surface area (Å²) in [6.45, 7) is 10.5. The van der Waals surface area contributed by atoms with E-state index in [9.17, 15) is 9.59 Å². The highest BCUT2D eigenvalue weighted by atomic mass is 16.2. The number of aromatic nitrogens is 3. The van der Waals surface area contributed by atoms with Crippen LogP contribution in [0.25, 0.3) is 0 Å². The van der Waals surface area contributed by atoms with Crippen LogP contribution in [0, 0.1) is 17.8 Å². The van der Waals surface area contributed by atoms with Crippen LogP contribution in [-0.4, -0.2) is 27.1 Å². The number of carbonyl (C=O) groups excluding carboxylic acids is 1. The molecule has 1 fully saturated rings. The standard InChI is InChI=1S/C15H24N4O2/c1-9-16-12(20)11(19-18-9)13(21)17-10-6-14(2,3)8-15(4,5)7-10/h10H,6-8H2,1-5H3,(H,17,21)(H,16,18,20). The Balaban J connectivity index is 2.14. The average Bonchev–Trinajstić information content (AvgIpc) is 2.23. The van der Waals surface area contributed by atoms with Crippen LogP contribution in [-0.2, 0) is 0 Å². The van der Waals surface area contributed by atoms with Crippen LogP contribution in [0.2, 0.25) is 0 Å². The van der Waals surface area contributed by atoms with E-state index in [1.807, 2.05) is 0 Å². The molecule has 0 unspecified atom stereocenters. The second-order valence-corrected chi connectivity index (χ2v) is 7.67. The fourth-order valence-corrected chi connectivity index (χ4v) is 3.77. The highest BCUT2D eigenvalue weighted by Gasteiger charge is 2.39. The van der Waals surface area contributed by atoms with Crippen molar-refractivity contribution in [2.75, 3.05) is 0 Å². The maximum Gasteiger partial charge on any atom is 0.282 e. The minimum atomic E-state index is -0.491. The molecule has 0 aliphatic heterocycles. The van der Waals surface area contributed by atoms with Gasteiger partial charge in [0.2, 0.25) is 5.69 Å². The lowest BCUT2D eigenvalue weighted by atomic mass is 9.63. The molecule has 2 N–H and O–H groups in total. The van der Waals surface area contributed by atoms with Crippen molar-refractivity contribution in [3.8, 4) is 0 Å². The number of aryl methyl sites for hydroxylation is 1. The fraction of sp³-hybridized carbons (Fsp3) is 0.733. The van der Waals surface area contributed by atoms with Crippen LogP contribution >= 0.6 is 0 Å². The lowest BCUT2D eigenvalue weighted by Crippen LogP contribution is -2.47. The van der Waals surface area contributed by atoms with Gasteiger partial charge in [-0.3, -0.25) is 9.59 Å². The number of nitrogens with zero attached hydrogens (tertiary/aromatic N) is 2. The topological polar surface area (TPSA) is 87.7 Å². The van der Waals surface area contributed by atoms with E-state index in [-0.39, 0.29) is 22.6 Å². The maximum atomic E-state index is 12.2. The zero-order valence-corrected chi connectivity index (χ0v) is 13.4. The third-order valence-electron chi connectivity index (χ3n) is 3.91. The van der Waals surface area contributed by atoms with Gasteiger partial charge in [-0.05, 0) is 37.0 Å². The van der Waals surface area contributed by atoms with Crippen LogP contribution in [0.1, 0.15) is 63.3 Å². The molecule has 1 heterocycles. The number of hydrogen-bond acceptors (Lipinski definition) is 4. The number of rotatable bonds is 2. The van der Waals surface area contributed by atoms with Gasteiger partial charge in [0.15, 0.2) is 0 Å². The maximum absolute atomic E-state index is 12.2. The first-order valence-corrected chi connectivity index (χ1v) is 7.32. The number of nitrogens with one attached hydrogen (secondary N) is 2. The van der Waals surface area contributed by atoms with E-state index in [0.717, 1.165) is 19.3 Å². The van der Waals surface area contributed by atoms with Crippen molar-refractivity contribution in [2.24, 2.45) is 10.8 Å². The zero-order chi connectivity index (χ0) is 15.8. The molecule has 116 valence electrons. The predicted molar refractivity (Wildman–Crippen MR) is 80.1 cm³/mol. The first-order valence-electron chi connectivity index (χ1n) is 7.32. The molecule has 0 saturated heterocycles. The zero-order valence-electron chi connectivity index (χ0n) is 13.4. The molecule has 1 aliphatic rings. The first-order chi connectivity index (χ1) is 9.58. The van der Waals surface area contributed by atoms with Crippen molar-refractivity contribution in [3.05, 3.63) is 21.9 Å². The number of H-pyrrole nitrogens is 1. The monoisotopic (exact) mass is 292 g/mol. The van der Waals surface area contributed by atoms with Crippen molar-refractivity contribution in [2.45, 2.75) is 59.9 Å². The van der Waals surface area contributed by atoms with E-state index in [1.165, 1.54) is 0 Å². The molecule has 1 aromatic rings. The summed E-state index contributed by atoms with van der Waals surface area (Å²) in [6.07, 6.45) is 2.93. The lowest BCUT2D eigenvalue weighted by molar-refractivity contribution is 0.0708. The quantitative estimate of drug-likeness (QED) is 0.870. The van der Waals surface area contributed by atoms with Crippen LogP contribution < -0.4 is 10.9 Å². The Morgan fingerprint density at radius 3 is 2.29 bits per heavy atom. The Labute approximate surface area is 124 Å². The van der Waals surface area contributed by atoms with E-state index < -0.39 is 11.5 Å². The highest BCUT2D eigenvalue weighted by Crippen LogP contribution is 2.45. The Kier molecular flexibility index (Phi) is 3.91. The van der Waals surface area contributed by atoms with Crippen molar-refractivity contribution >= 4 is 5.91 Å². The van der Waals surface area contributed by atoms with E-state index >= 15 is 0 Å². The molecule has 0 bridgehead atoms. The molecule has 1 amide bonds. The van der Waals surface area contributed by atoms with Crippen molar-refractivity contribution < 1.29 is 4.79 Å². The molecule has 6 nitrogen and oxygen atoms in total. The second kappa shape index (κ2) is 5.24. The van der Waals surface area contributed by atoms with Gasteiger partial charge >= 0.3 is 0 Å². The number of amides is 1. The smallest absolute Gasteiger partial charge is 0.282 e. The third-order valence-corrected chi connectivity index (χ3v) is 3.91. The van der Waals surface area contributed by atoms with Gasteiger partial charge < -0.3 is 10.3 Å². The van der Waals surface area contributed by atoms with Crippen LogP contribution in [0.5, 0.6) is 0 Å². The van der Waals surface area contributed by atoms with Crippen LogP contribution in [0.15, 0.2) is 4.79 Å². The van der Waals surface area contributed by atoms with Crippen LogP contribution in [0.3, 0.4) is 0 Å². The molecule has 0 aromatic carbocycles. The van der Waals surface area contributed by atoms with Gasteiger partial charge in [-0.15, -0.1) is 10.2 Å². The predicted octanol–water partition coefficient (Wildman–Crippen LogP) is 1.81. The molecule has 0 atom stereocenters. The minimum absolute atomic E-state index is 0.0544. The van der Waals surface area contributed by atoms with E-state index in [2.05, 4.69) is 48.2 Å². The summed E-state index contributed by atoms with van der Waals surface area (Å²) >= 11 is 0. The Hall–Kier alpha value is -1.72. The molecular weight excluding hydrogens is 268 g/mol. The van der Waals surface area contributed by atoms with E-state index in [4.69, 9.17) is 0 Å². The molecule has 6 heteroatoms. The summed E-state index contributed by atoms with van der Waals surface area (Å²) in [5.41, 5.74) is -0.313. The van der Waals surface area contributed by atoms with Crippen molar-refractivity contribution in [3.63, 3.8) is 0 Å². The molecule has 0 spiro atoms. The molecule has 0 radical (unpaired) electrons. The normalized spacial score (nSPS) is 21.0. The molecule has 1 aromatic heterocycles. The largest absolute Gasteiger partial charge is 0.348 e. The summed E-state index contributed by atoms with van der Waals surface area (Å²) in [5, 5.41) is 10.4. The summed E-state index contributed by atoms with van der Waals surface area (Å²) in [4.78, 5) is 26.5. The van der Waals surface area contributed by atoms with E-state index in [1.54, 1.807) is 6.92 Å². The fourth-order valence-electron chi connectivity index (χ4n) is 3.77. The summed E-state index contributed by atoms with van der Waals surface area (Å²) in [5.74, 6) is -0.0428. The molecular formula is C15H24N4O2. The van der Waals surface area contributed by atoms with Gasteiger partial charge in [0, 0.05) is 6.04 Å². The van der Waals surface area contributed by atoms with Crippen molar-refractivity contribution in [1.29, 1.82) is 0 Å². The van der Waals surface area contributed by atoms with Gasteiger partial charge in [-0.25, -0.2) is 0 Å². The number of hydrogen-bond donors (Lipinski definition) is 2. The van der Waals surface area contributed by atoms with Crippen LogP contribution in [0.4, 0.5) is 0 Å². The molecule has 1 aliphatic carbocycles. The Morgan fingerprint density at radius 1 is 1.19 bits per heavy atom. The summed E-state index contributed by atoms with van der Waals surface area (Å²) < 4.78 is 0. The molecule has 1 saturated carbocycles. The number of aromatic amines is 1. The summed E-state index contributed by atoms with van der Waals surface area (Å²) in [7, 11) is 0. The van der Waals surface area contributed by atoms with Gasteiger partial charge in [0.25, 0.3) is 11.5 Å². The molecule has 2 rings (SSSR count). The van der Waals surface area contributed by atoms with Gasteiger partial charge in [0.1, 0.15) is 5.82 Å². The Morgan fingerprint density at radius 2 is 1.76 bits per heavy atom. The number of carbonyl (C=O) groups is 1. The Bertz CT molecular complexity index is 588. The second-order valence-electron chi connectivity index (χ2n) is 7.67. The lowest BCUT2D eigenvalue weighted by Gasteiger charge is -2.45. The van der Waals surface area contributed by atoms with Gasteiger partial charge in [0.05, 0.1) is 0 Å². The van der Waals surface area contributed by atoms with Gasteiger partial charge in [-0.1, -0.05) is 27.7 Å². The van der Waals surface area contributed by atoms with Gasteiger partial charge in [-0.2, -0.15) is 0 Å². The highest BCUT2D eigenvalue weighted by molar-refractivity contribution is 5.91. The van der Waals surface area contributed by atoms with E-state index in [0.29, 0.717) is 5.82 Å². The minimum Gasteiger partial charge on any atom is -0.348 e. The summed E-state index contributed by atoms with van der Waals surface area (Å²) in [6, 6.07) is 0.0544. The SMILES string of the molecule is Cc1nnc(C(=O)NC2CC(C)(C)CC(C)(C)C2)c(=O)[nH]1. The third kappa shape index (κ3) is 3.89. The first kappa shape index (κ1) is 15.7. The average molecular weight is 292 g/mol. The van der Waals surface area contributed by atoms with Crippen molar-refractivity contribution in [1.82, 2.24) is 20.5 Å².